The highest BCUT2D eigenvalue weighted by molar-refractivity contribution is 7.90. The number of hydrogen-bond donors (Lipinski definition) is 2. The Kier molecular flexibility index (Phi) is 10.2. The fraction of sp³-hybridized carbons (Fsp3) is 0.639. The van der Waals surface area contributed by atoms with Gasteiger partial charge in [0.1, 0.15) is 23.6 Å². The number of ketones is 1. The molecule has 1 saturated heterocycles. The van der Waals surface area contributed by atoms with Gasteiger partial charge in [-0.2, -0.15) is 0 Å². The molecular weight excluding hydrogens is 683 g/mol. The molecule has 51 heavy (non-hydrogen) atoms. The number of sulfonamides is 1. The van der Waals surface area contributed by atoms with Crippen molar-refractivity contribution in [1.29, 1.82) is 0 Å². The molecule has 0 spiro atoms. The summed E-state index contributed by atoms with van der Waals surface area (Å²) < 4.78 is 53.4. The molecule has 0 aromatic heterocycles. The minimum absolute atomic E-state index is 0.0107. The molecule has 278 valence electrons. The van der Waals surface area contributed by atoms with Gasteiger partial charge in [0.05, 0.1) is 29.8 Å². The van der Waals surface area contributed by atoms with E-state index >= 15 is 0 Å². The smallest absolute Gasteiger partial charge is 0.410 e. The minimum Gasteiger partial charge on any atom is -0.444 e. The third-order valence-electron chi connectivity index (χ3n) is 10.4. The largest absolute Gasteiger partial charge is 0.444 e. The van der Waals surface area contributed by atoms with Crippen molar-refractivity contribution < 1.29 is 46.3 Å². The topological polar surface area (TPSA) is 168 Å². The lowest BCUT2D eigenvalue weighted by atomic mass is 9.91. The molecule has 3 heterocycles. The first-order chi connectivity index (χ1) is 24.1. The first-order valence-electron chi connectivity index (χ1n) is 17.8. The lowest BCUT2D eigenvalue weighted by molar-refractivity contribution is -0.140. The summed E-state index contributed by atoms with van der Waals surface area (Å²) in [7, 11) is -3.88. The zero-order valence-electron chi connectivity index (χ0n) is 29.3. The average Bonchev–Trinajstić information content (AvgIpc) is 3.93. The summed E-state index contributed by atoms with van der Waals surface area (Å²) in [4.78, 5) is 71.1. The van der Waals surface area contributed by atoms with Crippen molar-refractivity contribution in [3.8, 4) is 0 Å². The number of alkyl carbamates (subject to hydrolysis) is 1. The fourth-order valence-corrected chi connectivity index (χ4v) is 8.75. The molecule has 6 rings (SSSR count). The lowest BCUT2D eigenvalue weighted by Gasteiger charge is -2.30. The summed E-state index contributed by atoms with van der Waals surface area (Å²) in [5, 5.41) is 2.06. The molecule has 0 unspecified atom stereocenters. The second kappa shape index (κ2) is 14.2. The number of Topliss-reactive ketones (excluding diaryl/α,β-unsaturated/α-hetero) is 1. The van der Waals surface area contributed by atoms with Crippen molar-refractivity contribution >= 4 is 39.8 Å². The van der Waals surface area contributed by atoms with Gasteiger partial charge < -0.3 is 19.7 Å². The molecule has 3 fully saturated rings. The molecule has 15 heteroatoms. The maximum Gasteiger partial charge on any atom is 0.410 e. The van der Waals surface area contributed by atoms with Crippen LogP contribution < -0.4 is 10.0 Å². The summed E-state index contributed by atoms with van der Waals surface area (Å²) in [5.74, 6) is -2.54. The van der Waals surface area contributed by atoms with Crippen LogP contribution in [0.1, 0.15) is 96.1 Å². The highest BCUT2D eigenvalue weighted by Gasteiger charge is 2.61. The van der Waals surface area contributed by atoms with Crippen molar-refractivity contribution in [2.24, 2.45) is 11.3 Å². The number of halogens is 1. The number of hydrogen-bond acceptors (Lipinski definition) is 9. The number of rotatable bonds is 5. The van der Waals surface area contributed by atoms with Crippen molar-refractivity contribution in [1.82, 2.24) is 19.8 Å². The van der Waals surface area contributed by atoms with Gasteiger partial charge in [-0.3, -0.25) is 24.0 Å². The molecule has 2 N–H and O–H groups in total. The molecule has 4 amide bonds. The van der Waals surface area contributed by atoms with Gasteiger partial charge in [-0.1, -0.05) is 37.1 Å². The Hall–Kier alpha value is -4.01. The highest BCUT2D eigenvalue weighted by atomic mass is 32.2. The monoisotopic (exact) mass is 730 g/mol. The zero-order chi connectivity index (χ0) is 36.7. The molecule has 5 aliphatic rings. The predicted molar refractivity (Wildman–Crippen MR) is 182 cm³/mol. The van der Waals surface area contributed by atoms with E-state index in [2.05, 4.69) is 10.0 Å². The van der Waals surface area contributed by atoms with Crippen LogP contribution in [0.3, 0.4) is 0 Å². The minimum atomic E-state index is -3.88. The summed E-state index contributed by atoms with van der Waals surface area (Å²) in [5.41, 5.74) is -1.08. The van der Waals surface area contributed by atoms with Crippen LogP contribution >= 0.6 is 0 Å². The Morgan fingerprint density at radius 3 is 2.51 bits per heavy atom. The SMILES string of the molecule is CC(C)(C)OC(=O)N[C@H]1CCCCC/C=C\[C@H]2C[C@@]2(C(=O)NS(=O)(=O)C2CC2)CC(=O)[C@@H]2C[C@@H](OC(=O)N3Cc4cccc(F)c4C3)CN2C1=O. The molecule has 0 radical (unpaired) electrons. The number of nitrogens with one attached hydrogen (secondary N) is 2. The maximum absolute atomic E-state index is 14.4. The van der Waals surface area contributed by atoms with E-state index in [1.165, 1.54) is 15.9 Å². The standard InChI is InChI=1S/C36H47FN4O9S/c1-35(2,3)50-33(45)38-28-13-8-6-4-5-7-11-23-17-36(23,32(44)39-51(47,48)25-14-15-25)18-30(42)29-16-24(20-41(29)31(28)43)49-34(46)40-19-22-10-9-12-27(37)26(22)21-40/h7,9-12,23-25,28-29H,4-6,8,13-21H2,1-3H3,(H,38,45)(H,39,44)/b11-7-/t23-,24+,28-,29-,36+/m0/s1. The molecule has 5 atom stereocenters. The number of fused-ring (bicyclic) bond motifs is 3. The van der Waals surface area contributed by atoms with Crippen molar-refractivity contribution in [2.75, 3.05) is 6.54 Å². The van der Waals surface area contributed by atoms with Gasteiger partial charge in [0.15, 0.2) is 5.78 Å². The second-order valence-corrected chi connectivity index (χ2v) is 17.5. The Morgan fingerprint density at radius 1 is 1.04 bits per heavy atom. The van der Waals surface area contributed by atoms with Crippen molar-refractivity contribution in [3.05, 3.63) is 47.3 Å². The van der Waals surface area contributed by atoms with E-state index in [1.54, 1.807) is 32.9 Å². The Bertz CT molecular complexity index is 1720. The summed E-state index contributed by atoms with van der Waals surface area (Å²) in [6, 6.07) is 2.46. The number of benzene rings is 1. The fourth-order valence-electron chi connectivity index (χ4n) is 7.37. The third kappa shape index (κ3) is 8.39. The first-order valence-corrected chi connectivity index (χ1v) is 19.4. The van der Waals surface area contributed by atoms with Crippen LogP contribution in [-0.2, 0) is 47.0 Å². The number of allylic oxidation sites excluding steroid dienone is 2. The average molecular weight is 731 g/mol. The zero-order valence-corrected chi connectivity index (χ0v) is 30.1. The van der Waals surface area contributed by atoms with E-state index in [4.69, 9.17) is 9.47 Å². The van der Waals surface area contributed by atoms with Crippen LogP contribution in [0.4, 0.5) is 14.0 Å². The van der Waals surface area contributed by atoms with E-state index in [0.717, 1.165) is 12.8 Å². The summed E-state index contributed by atoms with van der Waals surface area (Å²) in [6.07, 6.45) is 5.27. The Balaban J connectivity index is 1.25. The number of carbonyl (C=O) groups is 5. The van der Waals surface area contributed by atoms with E-state index in [0.29, 0.717) is 36.8 Å². The maximum atomic E-state index is 14.4. The van der Waals surface area contributed by atoms with E-state index in [9.17, 15) is 36.8 Å². The molecule has 1 aromatic carbocycles. The number of nitrogens with zero attached hydrogens (tertiary/aromatic N) is 2. The lowest BCUT2D eigenvalue weighted by Crippen LogP contribution is -2.53. The van der Waals surface area contributed by atoms with Gasteiger partial charge in [-0.25, -0.2) is 22.4 Å². The predicted octanol–water partition coefficient (Wildman–Crippen LogP) is 4.23. The van der Waals surface area contributed by atoms with Gasteiger partial charge in [-0.05, 0) is 76.8 Å². The summed E-state index contributed by atoms with van der Waals surface area (Å²) in [6.45, 7) is 5.10. The van der Waals surface area contributed by atoms with Crippen LogP contribution in [0.2, 0.25) is 0 Å². The van der Waals surface area contributed by atoms with Crippen LogP contribution in [-0.4, -0.2) is 83.6 Å². The van der Waals surface area contributed by atoms with Crippen LogP contribution in [0.15, 0.2) is 30.4 Å². The van der Waals surface area contributed by atoms with Crippen LogP contribution in [0, 0.1) is 17.2 Å². The number of amides is 4. The molecule has 13 nitrogen and oxygen atoms in total. The second-order valence-electron chi connectivity index (χ2n) is 15.5. The number of carbonyl (C=O) groups excluding carboxylic acids is 5. The Morgan fingerprint density at radius 2 is 1.80 bits per heavy atom. The molecule has 0 bridgehead atoms. The van der Waals surface area contributed by atoms with E-state index in [1.807, 2.05) is 12.2 Å². The van der Waals surface area contributed by atoms with Gasteiger partial charge in [0.25, 0.3) is 0 Å². The Labute approximate surface area is 297 Å². The van der Waals surface area contributed by atoms with Crippen LogP contribution in [0.5, 0.6) is 0 Å². The normalized spacial score (nSPS) is 29.1. The first kappa shape index (κ1) is 36.8. The molecule has 2 aliphatic carbocycles. The number of ether oxygens (including phenoxy) is 2. The van der Waals surface area contributed by atoms with Crippen molar-refractivity contribution in [2.45, 2.75) is 127 Å². The molecule has 1 aromatic rings. The summed E-state index contributed by atoms with van der Waals surface area (Å²) >= 11 is 0. The van der Waals surface area contributed by atoms with Gasteiger partial charge in [-0.15, -0.1) is 0 Å². The van der Waals surface area contributed by atoms with Gasteiger partial charge in [0, 0.05) is 24.9 Å². The molecule has 3 aliphatic heterocycles. The van der Waals surface area contributed by atoms with E-state index in [-0.39, 0.29) is 51.2 Å². The highest BCUT2D eigenvalue weighted by Crippen LogP contribution is 2.57. The van der Waals surface area contributed by atoms with Gasteiger partial charge >= 0.3 is 12.2 Å². The quantitative estimate of drug-likeness (QED) is 0.421. The molecule has 2 saturated carbocycles. The third-order valence-corrected chi connectivity index (χ3v) is 12.2. The van der Waals surface area contributed by atoms with Gasteiger partial charge in [0.2, 0.25) is 21.8 Å². The van der Waals surface area contributed by atoms with E-state index < -0.39 is 80.1 Å². The van der Waals surface area contributed by atoms with Crippen LogP contribution in [0.25, 0.3) is 0 Å². The van der Waals surface area contributed by atoms with Crippen molar-refractivity contribution in [3.63, 3.8) is 0 Å². The molecular formula is C36H47FN4O9S.